The molecule has 1 atom stereocenters. The van der Waals surface area contributed by atoms with E-state index in [0.29, 0.717) is 12.1 Å². The Labute approximate surface area is 103 Å². The van der Waals surface area contributed by atoms with Crippen LogP contribution in [-0.2, 0) is 9.53 Å². The van der Waals surface area contributed by atoms with Gasteiger partial charge in [-0.15, -0.1) is 0 Å². The van der Waals surface area contributed by atoms with Gasteiger partial charge in [-0.3, -0.25) is 4.79 Å². The second kappa shape index (κ2) is 6.36. The van der Waals surface area contributed by atoms with Gasteiger partial charge in [-0.05, 0) is 44.9 Å². The lowest BCUT2D eigenvalue weighted by molar-refractivity contribution is -0.142. The van der Waals surface area contributed by atoms with Gasteiger partial charge in [0.05, 0.1) is 12.0 Å². The standard InChI is InChI=1S/C13H23NO3/c15-13(16)10-4-6-11(7-5-10)14-9-12-3-1-2-8-17-12/h10-12,14H,1-9H2,(H,15,16). The molecule has 17 heavy (non-hydrogen) atoms. The molecule has 0 radical (unpaired) electrons. The summed E-state index contributed by atoms with van der Waals surface area (Å²) in [6, 6.07) is 0.496. The van der Waals surface area contributed by atoms with Crippen molar-refractivity contribution in [3.8, 4) is 0 Å². The van der Waals surface area contributed by atoms with Crippen molar-refractivity contribution in [3.63, 3.8) is 0 Å². The highest BCUT2D eigenvalue weighted by molar-refractivity contribution is 5.70. The fourth-order valence-electron chi connectivity index (χ4n) is 2.81. The molecule has 0 aromatic carbocycles. The minimum absolute atomic E-state index is 0.112. The van der Waals surface area contributed by atoms with E-state index in [-0.39, 0.29) is 5.92 Å². The van der Waals surface area contributed by atoms with Crippen molar-refractivity contribution in [1.29, 1.82) is 0 Å². The number of hydrogen-bond acceptors (Lipinski definition) is 3. The smallest absolute Gasteiger partial charge is 0.306 e. The van der Waals surface area contributed by atoms with Gasteiger partial charge in [-0.2, -0.15) is 0 Å². The largest absolute Gasteiger partial charge is 0.481 e. The van der Waals surface area contributed by atoms with Gasteiger partial charge >= 0.3 is 5.97 Å². The Morgan fingerprint density at radius 1 is 1.18 bits per heavy atom. The van der Waals surface area contributed by atoms with Crippen molar-refractivity contribution < 1.29 is 14.6 Å². The van der Waals surface area contributed by atoms with Crippen LogP contribution in [0.3, 0.4) is 0 Å². The van der Waals surface area contributed by atoms with Crippen LogP contribution in [0.4, 0.5) is 0 Å². The molecule has 1 heterocycles. The highest BCUT2D eigenvalue weighted by atomic mass is 16.5. The van der Waals surface area contributed by atoms with E-state index in [1.807, 2.05) is 0 Å². The van der Waals surface area contributed by atoms with Gasteiger partial charge in [-0.1, -0.05) is 0 Å². The maximum absolute atomic E-state index is 10.8. The summed E-state index contributed by atoms with van der Waals surface area (Å²) >= 11 is 0. The van der Waals surface area contributed by atoms with E-state index in [4.69, 9.17) is 9.84 Å². The van der Waals surface area contributed by atoms with Gasteiger partial charge in [0.25, 0.3) is 0 Å². The monoisotopic (exact) mass is 241 g/mol. The first kappa shape index (κ1) is 12.8. The molecule has 1 unspecified atom stereocenters. The van der Waals surface area contributed by atoms with E-state index in [1.165, 1.54) is 12.8 Å². The molecule has 1 aliphatic heterocycles. The molecular weight excluding hydrogens is 218 g/mol. The van der Waals surface area contributed by atoms with E-state index in [2.05, 4.69) is 5.32 Å². The third-order valence-electron chi connectivity index (χ3n) is 3.98. The Bertz CT molecular complexity index is 243. The molecule has 4 heteroatoms. The van der Waals surface area contributed by atoms with Crippen molar-refractivity contribution in [2.75, 3.05) is 13.2 Å². The average Bonchev–Trinajstić information content (AvgIpc) is 2.38. The van der Waals surface area contributed by atoms with Crippen LogP contribution in [0.2, 0.25) is 0 Å². The van der Waals surface area contributed by atoms with Crippen LogP contribution in [-0.4, -0.2) is 36.4 Å². The zero-order valence-electron chi connectivity index (χ0n) is 10.4. The van der Waals surface area contributed by atoms with Crippen molar-refractivity contribution in [3.05, 3.63) is 0 Å². The lowest BCUT2D eigenvalue weighted by Gasteiger charge is -2.29. The molecule has 2 N–H and O–H groups in total. The van der Waals surface area contributed by atoms with E-state index in [1.54, 1.807) is 0 Å². The SMILES string of the molecule is O=C(O)C1CCC(NCC2CCCCO2)CC1. The molecule has 98 valence electrons. The first-order valence-corrected chi connectivity index (χ1v) is 6.83. The molecule has 1 aliphatic carbocycles. The minimum Gasteiger partial charge on any atom is -0.481 e. The summed E-state index contributed by atoms with van der Waals surface area (Å²) < 4.78 is 5.67. The van der Waals surface area contributed by atoms with Crippen LogP contribution in [0.1, 0.15) is 44.9 Å². The number of nitrogens with one attached hydrogen (secondary N) is 1. The molecule has 2 fully saturated rings. The van der Waals surface area contributed by atoms with Gasteiger partial charge in [0.1, 0.15) is 0 Å². The van der Waals surface area contributed by atoms with Crippen LogP contribution >= 0.6 is 0 Å². The van der Waals surface area contributed by atoms with Crippen LogP contribution in [0.5, 0.6) is 0 Å². The fraction of sp³-hybridized carbons (Fsp3) is 0.923. The maximum atomic E-state index is 10.8. The second-order valence-corrected chi connectivity index (χ2v) is 5.28. The molecule has 0 amide bonds. The molecule has 0 spiro atoms. The van der Waals surface area contributed by atoms with Crippen molar-refractivity contribution in [2.24, 2.45) is 5.92 Å². The Kier molecular flexibility index (Phi) is 4.80. The Morgan fingerprint density at radius 2 is 1.94 bits per heavy atom. The van der Waals surface area contributed by atoms with Gasteiger partial charge in [0, 0.05) is 19.2 Å². The maximum Gasteiger partial charge on any atom is 0.306 e. The number of carboxylic acids is 1. The molecule has 0 aromatic rings. The lowest BCUT2D eigenvalue weighted by Crippen LogP contribution is -2.40. The topological polar surface area (TPSA) is 58.6 Å². The molecule has 4 nitrogen and oxygen atoms in total. The second-order valence-electron chi connectivity index (χ2n) is 5.28. The molecule has 0 aromatic heterocycles. The third-order valence-corrected chi connectivity index (χ3v) is 3.98. The van der Waals surface area contributed by atoms with Crippen LogP contribution in [0, 0.1) is 5.92 Å². The van der Waals surface area contributed by atoms with Crippen LogP contribution in [0.25, 0.3) is 0 Å². The summed E-state index contributed by atoms with van der Waals surface area (Å²) in [6.07, 6.45) is 7.63. The van der Waals surface area contributed by atoms with Gasteiger partial charge in [0.2, 0.25) is 0 Å². The summed E-state index contributed by atoms with van der Waals surface area (Å²) in [5, 5.41) is 12.5. The Morgan fingerprint density at radius 3 is 2.53 bits per heavy atom. The van der Waals surface area contributed by atoms with Gasteiger partial charge in [-0.25, -0.2) is 0 Å². The summed E-state index contributed by atoms with van der Waals surface area (Å²) in [5.41, 5.74) is 0. The van der Waals surface area contributed by atoms with Gasteiger partial charge < -0.3 is 15.2 Å². The zero-order valence-corrected chi connectivity index (χ0v) is 10.4. The summed E-state index contributed by atoms with van der Waals surface area (Å²) in [4.78, 5) is 10.8. The van der Waals surface area contributed by atoms with E-state index < -0.39 is 5.97 Å². The lowest BCUT2D eigenvalue weighted by atomic mass is 9.86. The van der Waals surface area contributed by atoms with Crippen molar-refractivity contribution in [2.45, 2.75) is 57.1 Å². The average molecular weight is 241 g/mol. The van der Waals surface area contributed by atoms with Crippen LogP contribution < -0.4 is 5.32 Å². The predicted octanol–water partition coefficient (Wildman–Crippen LogP) is 1.79. The normalized spacial score (nSPS) is 34.5. The highest BCUT2D eigenvalue weighted by Gasteiger charge is 2.26. The quantitative estimate of drug-likeness (QED) is 0.788. The number of hydrogen-bond donors (Lipinski definition) is 2. The molecule has 1 saturated carbocycles. The van der Waals surface area contributed by atoms with Crippen molar-refractivity contribution in [1.82, 2.24) is 5.32 Å². The number of rotatable bonds is 4. The van der Waals surface area contributed by atoms with E-state index in [0.717, 1.165) is 45.3 Å². The van der Waals surface area contributed by atoms with E-state index in [9.17, 15) is 4.79 Å². The van der Waals surface area contributed by atoms with Crippen molar-refractivity contribution >= 4 is 5.97 Å². The number of aliphatic carboxylic acids is 1. The third kappa shape index (κ3) is 3.96. The number of ether oxygens (including phenoxy) is 1. The Hall–Kier alpha value is -0.610. The predicted molar refractivity (Wildman–Crippen MR) is 65.0 cm³/mol. The first-order chi connectivity index (χ1) is 8.25. The fourth-order valence-corrected chi connectivity index (χ4v) is 2.81. The summed E-state index contributed by atoms with van der Waals surface area (Å²) in [6.45, 7) is 1.83. The first-order valence-electron chi connectivity index (χ1n) is 6.83. The molecule has 2 rings (SSSR count). The molecule has 1 saturated heterocycles. The number of carboxylic acid groups (broad SMARTS) is 1. The zero-order chi connectivity index (χ0) is 12.1. The molecular formula is C13H23NO3. The Balaban J connectivity index is 1.62. The van der Waals surface area contributed by atoms with Gasteiger partial charge in [0.15, 0.2) is 0 Å². The minimum atomic E-state index is -0.626. The van der Waals surface area contributed by atoms with E-state index >= 15 is 0 Å². The highest BCUT2D eigenvalue weighted by Crippen LogP contribution is 2.24. The summed E-state index contributed by atoms with van der Waals surface area (Å²) in [5.74, 6) is -0.738. The molecule has 2 aliphatic rings. The van der Waals surface area contributed by atoms with Crippen LogP contribution in [0.15, 0.2) is 0 Å². The summed E-state index contributed by atoms with van der Waals surface area (Å²) in [7, 11) is 0. The number of carbonyl (C=O) groups is 1. The molecule has 0 bridgehead atoms.